The zero-order chi connectivity index (χ0) is 14.0. The normalized spacial score (nSPS) is 17.5. The van der Waals surface area contributed by atoms with Crippen LogP contribution in [0.4, 0.5) is 8.78 Å². The molecule has 19 heavy (non-hydrogen) atoms. The van der Waals surface area contributed by atoms with Crippen molar-refractivity contribution in [1.29, 1.82) is 0 Å². The van der Waals surface area contributed by atoms with Crippen molar-refractivity contribution >= 4 is 28.5 Å². The summed E-state index contributed by atoms with van der Waals surface area (Å²) < 4.78 is 27.6. The first-order valence-corrected chi connectivity index (χ1v) is 7.20. The smallest absolute Gasteiger partial charge is 0.257 e. The van der Waals surface area contributed by atoms with Gasteiger partial charge in [-0.05, 0) is 67.7 Å². The number of hydrogen-bond acceptors (Lipinski definition) is 2. The van der Waals surface area contributed by atoms with Gasteiger partial charge in [0.05, 0.1) is 0 Å². The Hall–Kier alpha value is -0.760. The molecule has 1 amide bonds. The molecule has 104 valence electrons. The number of carbonyl (C=O) groups is 1. The highest BCUT2D eigenvalue weighted by atomic mass is 127. The summed E-state index contributed by atoms with van der Waals surface area (Å²) in [4.78, 5) is 14.1. The van der Waals surface area contributed by atoms with Crippen LogP contribution in [0.15, 0.2) is 12.1 Å². The minimum absolute atomic E-state index is 0.0135. The Labute approximate surface area is 124 Å². The number of nitrogens with one attached hydrogen (secondary N) is 1. The molecule has 1 aromatic rings. The van der Waals surface area contributed by atoms with E-state index in [0.29, 0.717) is 0 Å². The van der Waals surface area contributed by atoms with Crippen molar-refractivity contribution in [3.8, 4) is 0 Å². The molecule has 1 aliphatic rings. The largest absolute Gasteiger partial charge is 0.349 e. The maximum Gasteiger partial charge on any atom is 0.257 e. The van der Waals surface area contributed by atoms with Gasteiger partial charge in [0, 0.05) is 9.61 Å². The Bertz CT molecular complexity index is 488. The molecule has 1 heterocycles. The van der Waals surface area contributed by atoms with E-state index in [1.807, 2.05) is 7.05 Å². The molecule has 0 bridgehead atoms. The molecule has 0 aliphatic carbocycles. The number of piperidine rings is 1. The van der Waals surface area contributed by atoms with Crippen molar-refractivity contribution in [2.45, 2.75) is 18.9 Å². The first kappa shape index (κ1) is 14.6. The maximum atomic E-state index is 13.8. The van der Waals surface area contributed by atoms with E-state index >= 15 is 0 Å². The molecule has 1 N–H and O–H groups in total. The highest BCUT2D eigenvalue weighted by molar-refractivity contribution is 14.1. The quantitative estimate of drug-likeness (QED) is 0.632. The predicted octanol–water partition coefficient (Wildman–Crippen LogP) is 2.39. The van der Waals surface area contributed by atoms with Crippen molar-refractivity contribution in [2.24, 2.45) is 0 Å². The summed E-state index contributed by atoms with van der Waals surface area (Å²) in [6.07, 6.45) is 1.60. The van der Waals surface area contributed by atoms with Crippen molar-refractivity contribution < 1.29 is 13.6 Å². The lowest BCUT2D eigenvalue weighted by atomic mass is 10.0. The topological polar surface area (TPSA) is 32.3 Å². The number of amides is 1. The zero-order valence-electron chi connectivity index (χ0n) is 10.5. The fraction of sp³-hybridized carbons (Fsp3) is 0.462. The number of likely N-dealkylation sites (tertiary alicyclic amines) is 1. The van der Waals surface area contributed by atoms with Crippen LogP contribution in [0.2, 0.25) is 0 Å². The third-order valence-corrected chi connectivity index (χ3v) is 4.16. The fourth-order valence-electron chi connectivity index (χ4n) is 2.15. The second-order valence-corrected chi connectivity index (χ2v) is 5.93. The molecule has 0 spiro atoms. The minimum atomic E-state index is -0.816. The lowest BCUT2D eigenvalue weighted by Crippen LogP contribution is -2.43. The number of benzene rings is 1. The molecule has 3 nitrogen and oxygen atoms in total. The monoisotopic (exact) mass is 380 g/mol. The van der Waals surface area contributed by atoms with Gasteiger partial charge in [-0.15, -0.1) is 0 Å². The molecule has 1 aliphatic heterocycles. The lowest BCUT2D eigenvalue weighted by Gasteiger charge is -2.29. The van der Waals surface area contributed by atoms with Crippen LogP contribution in [0.5, 0.6) is 0 Å². The first-order valence-electron chi connectivity index (χ1n) is 6.12. The van der Waals surface area contributed by atoms with Crippen LogP contribution in [0, 0.1) is 15.2 Å². The molecule has 0 radical (unpaired) electrons. The van der Waals surface area contributed by atoms with E-state index in [1.165, 1.54) is 6.07 Å². The van der Waals surface area contributed by atoms with Crippen LogP contribution in [-0.4, -0.2) is 37.0 Å². The van der Waals surface area contributed by atoms with Gasteiger partial charge < -0.3 is 10.2 Å². The summed E-state index contributed by atoms with van der Waals surface area (Å²) in [5.41, 5.74) is -0.481. The standard InChI is InChI=1S/C13H15F2IN2O/c1-18-6-4-8(5-7-18)17-13(19)11-9(14)2-3-10(16)12(11)15/h2-3,8H,4-7H2,1H3,(H,17,19). The molecular formula is C13H15F2IN2O. The van der Waals surface area contributed by atoms with Crippen LogP contribution >= 0.6 is 22.6 Å². The van der Waals surface area contributed by atoms with Crippen LogP contribution in [-0.2, 0) is 0 Å². The third-order valence-electron chi connectivity index (χ3n) is 3.32. The molecule has 1 fully saturated rings. The molecular weight excluding hydrogens is 365 g/mol. The Morgan fingerprint density at radius 2 is 2.00 bits per heavy atom. The second kappa shape index (κ2) is 6.13. The van der Waals surface area contributed by atoms with E-state index in [4.69, 9.17) is 0 Å². The van der Waals surface area contributed by atoms with E-state index in [1.54, 1.807) is 22.6 Å². The highest BCUT2D eigenvalue weighted by Gasteiger charge is 2.24. The lowest BCUT2D eigenvalue weighted by molar-refractivity contribution is 0.0908. The van der Waals surface area contributed by atoms with Gasteiger partial charge in [0.15, 0.2) is 5.82 Å². The zero-order valence-corrected chi connectivity index (χ0v) is 12.7. The molecule has 1 saturated heterocycles. The van der Waals surface area contributed by atoms with Crippen LogP contribution in [0.3, 0.4) is 0 Å². The van der Waals surface area contributed by atoms with Gasteiger partial charge in [-0.25, -0.2) is 8.78 Å². The van der Waals surface area contributed by atoms with Gasteiger partial charge in [-0.1, -0.05) is 0 Å². The Morgan fingerprint density at radius 1 is 1.37 bits per heavy atom. The Morgan fingerprint density at radius 3 is 2.63 bits per heavy atom. The summed E-state index contributed by atoms with van der Waals surface area (Å²) in [5, 5.41) is 2.72. The summed E-state index contributed by atoms with van der Waals surface area (Å²) in [5.74, 6) is -2.27. The van der Waals surface area contributed by atoms with Gasteiger partial charge >= 0.3 is 0 Å². The molecule has 0 unspecified atom stereocenters. The maximum absolute atomic E-state index is 13.8. The van der Waals surface area contributed by atoms with E-state index in [2.05, 4.69) is 10.2 Å². The number of halogens is 3. The fourth-order valence-corrected chi connectivity index (χ4v) is 2.60. The molecule has 0 aromatic heterocycles. The van der Waals surface area contributed by atoms with Crippen molar-refractivity contribution in [3.05, 3.63) is 32.9 Å². The van der Waals surface area contributed by atoms with Gasteiger partial charge in [0.2, 0.25) is 0 Å². The average molecular weight is 380 g/mol. The van der Waals surface area contributed by atoms with Gasteiger partial charge in [-0.3, -0.25) is 4.79 Å². The summed E-state index contributed by atoms with van der Waals surface area (Å²) in [6.45, 7) is 1.75. The van der Waals surface area contributed by atoms with Gasteiger partial charge in [0.25, 0.3) is 5.91 Å². The molecule has 0 saturated carbocycles. The van der Waals surface area contributed by atoms with E-state index in [-0.39, 0.29) is 9.61 Å². The van der Waals surface area contributed by atoms with Crippen LogP contribution < -0.4 is 5.32 Å². The Kier molecular flexibility index (Phi) is 4.72. The molecule has 6 heteroatoms. The predicted molar refractivity (Wildman–Crippen MR) is 77.1 cm³/mol. The SMILES string of the molecule is CN1CCC(NC(=O)c2c(F)ccc(I)c2F)CC1. The summed E-state index contributed by atoms with van der Waals surface area (Å²) in [6, 6.07) is 2.42. The minimum Gasteiger partial charge on any atom is -0.349 e. The van der Waals surface area contributed by atoms with Crippen molar-refractivity contribution in [2.75, 3.05) is 20.1 Å². The number of carbonyl (C=O) groups excluding carboxylic acids is 1. The number of nitrogens with zero attached hydrogens (tertiary/aromatic N) is 1. The van der Waals surface area contributed by atoms with Crippen molar-refractivity contribution in [3.63, 3.8) is 0 Å². The molecule has 1 aromatic carbocycles. The number of hydrogen-bond donors (Lipinski definition) is 1. The first-order chi connectivity index (χ1) is 8.99. The molecule has 2 rings (SSSR count). The number of rotatable bonds is 2. The van der Waals surface area contributed by atoms with Gasteiger partial charge in [-0.2, -0.15) is 0 Å². The summed E-state index contributed by atoms with van der Waals surface area (Å²) in [7, 11) is 2.01. The average Bonchev–Trinajstić information content (AvgIpc) is 2.37. The van der Waals surface area contributed by atoms with E-state index < -0.39 is 23.1 Å². The van der Waals surface area contributed by atoms with Crippen molar-refractivity contribution in [1.82, 2.24) is 10.2 Å². The van der Waals surface area contributed by atoms with Crippen LogP contribution in [0.1, 0.15) is 23.2 Å². The van der Waals surface area contributed by atoms with E-state index in [0.717, 1.165) is 32.0 Å². The van der Waals surface area contributed by atoms with E-state index in [9.17, 15) is 13.6 Å². The van der Waals surface area contributed by atoms with Crippen LogP contribution in [0.25, 0.3) is 0 Å². The third kappa shape index (κ3) is 3.42. The summed E-state index contributed by atoms with van der Waals surface area (Å²) >= 11 is 1.75. The second-order valence-electron chi connectivity index (χ2n) is 4.77. The Balaban J connectivity index is 2.10. The highest BCUT2D eigenvalue weighted by Crippen LogP contribution is 2.19. The van der Waals surface area contributed by atoms with Gasteiger partial charge in [0.1, 0.15) is 11.4 Å². The molecule has 0 atom stereocenters.